The number of aryl methyl sites for hydroxylation is 1. The van der Waals surface area contributed by atoms with Crippen molar-refractivity contribution in [1.82, 2.24) is 10.3 Å². The molecule has 1 heterocycles. The molecule has 1 fully saturated rings. The monoisotopic (exact) mass is 502 g/mol. The van der Waals surface area contributed by atoms with Crippen LogP contribution in [0.25, 0.3) is 11.5 Å². The third-order valence-electron chi connectivity index (χ3n) is 7.37. The van der Waals surface area contributed by atoms with Gasteiger partial charge in [0.15, 0.2) is 5.69 Å². The third kappa shape index (κ3) is 8.04. The minimum absolute atomic E-state index is 0.159. The molecule has 1 saturated carbocycles. The molecule has 0 unspecified atom stereocenters. The molecule has 1 aromatic heterocycles. The normalized spacial score (nSPS) is 13.9. The SMILES string of the molecule is O=C(O)CCCc1ccccc1Cc1ccccc1-c1nc(C(=O)NCCCCC2CCCCC2)co1. The van der Waals surface area contributed by atoms with Crippen LogP contribution < -0.4 is 5.32 Å². The molecular formula is C31H38N2O4. The van der Waals surface area contributed by atoms with E-state index < -0.39 is 5.97 Å². The number of hydrogen-bond donors (Lipinski definition) is 2. The van der Waals surface area contributed by atoms with Crippen LogP contribution in [0, 0.1) is 5.92 Å². The summed E-state index contributed by atoms with van der Waals surface area (Å²) in [7, 11) is 0. The van der Waals surface area contributed by atoms with Crippen molar-refractivity contribution in [3.05, 3.63) is 77.2 Å². The highest BCUT2D eigenvalue weighted by atomic mass is 16.4. The molecule has 0 radical (unpaired) electrons. The molecule has 1 aliphatic carbocycles. The zero-order valence-electron chi connectivity index (χ0n) is 21.6. The number of nitrogens with zero attached hydrogens (tertiary/aromatic N) is 1. The first-order valence-electron chi connectivity index (χ1n) is 13.7. The lowest BCUT2D eigenvalue weighted by molar-refractivity contribution is -0.137. The number of nitrogens with one attached hydrogen (secondary N) is 1. The maximum atomic E-state index is 12.6. The van der Waals surface area contributed by atoms with Crippen LogP contribution in [-0.2, 0) is 17.6 Å². The van der Waals surface area contributed by atoms with Crippen molar-refractivity contribution < 1.29 is 19.1 Å². The minimum Gasteiger partial charge on any atom is -0.481 e. The van der Waals surface area contributed by atoms with Crippen LogP contribution in [0.1, 0.15) is 91.4 Å². The summed E-state index contributed by atoms with van der Waals surface area (Å²) in [6, 6.07) is 16.0. The fourth-order valence-electron chi connectivity index (χ4n) is 5.32. The van der Waals surface area contributed by atoms with Crippen LogP contribution in [0.2, 0.25) is 0 Å². The Morgan fingerprint density at radius 3 is 2.43 bits per heavy atom. The number of benzene rings is 2. The Labute approximate surface area is 219 Å². The van der Waals surface area contributed by atoms with Crippen LogP contribution in [0.3, 0.4) is 0 Å². The van der Waals surface area contributed by atoms with Crippen molar-refractivity contribution in [2.24, 2.45) is 5.92 Å². The molecule has 2 N–H and O–H groups in total. The average Bonchev–Trinajstić information content (AvgIpc) is 3.40. The average molecular weight is 503 g/mol. The van der Waals surface area contributed by atoms with Gasteiger partial charge in [-0.15, -0.1) is 0 Å². The van der Waals surface area contributed by atoms with Crippen molar-refractivity contribution in [1.29, 1.82) is 0 Å². The van der Waals surface area contributed by atoms with Gasteiger partial charge in [0.2, 0.25) is 5.89 Å². The molecular weight excluding hydrogens is 464 g/mol. The van der Waals surface area contributed by atoms with E-state index in [4.69, 9.17) is 9.52 Å². The lowest BCUT2D eigenvalue weighted by Gasteiger charge is -2.21. The second-order valence-corrected chi connectivity index (χ2v) is 10.1. The number of oxazole rings is 1. The summed E-state index contributed by atoms with van der Waals surface area (Å²) in [5.41, 5.74) is 4.50. The van der Waals surface area contributed by atoms with Crippen molar-refractivity contribution in [2.45, 2.75) is 77.0 Å². The first kappa shape index (κ1) is 26.6. The smallest absolute Gasteiger partial charge is 0.303 e. The van der Waals surface area contributed by atoms with Gasteiger partial charge < -0.3 is 14.8 Å². The minimum atomic E-state index is -0.772. The Bertz CT molecular complexity index is 1160. The predicted octanol–water partition coefficient (Wildman–Crippen LogP) is 6.82. The molecule has 3 aromatic rings. The molecule has 0 bridgehead atoms. The van der Waals surface area contributed by atoms with E-state index in [2.05, 4.69) is 22.4 Å². The number of carboxylic acids is 1. The Morgan fingerprint density at radius 1 is 0.919 bits per heavy atom. The van der Waals surface area contributed by atoms with Gasteiger partial charge in [0.1, 0.15) is 6.26 Å². The topological polar surface area (TPSA) is 92.4 Å². The number of aliphatic carboxylic acids is 1. The van der Waals surface area contributed by atoms with Gasteiger partial charge in [-0.05, 0) is 54.4 Å². The second kappa shape index (κ2) is 13.8. The molecule has 6 heteroatoms. The van der Waals surface area contributed by atoms with Gasteiger partial charge in [0.05, 0.1) is 0 Å². The lowest BCUT2D eigenvalue weighted by atomic mass is 9.86. The van der Waals surface area contributed by atoms with Gasteiger partial charge in [-0.2, -0.15) is 0 Å². The van der Waals surface area contributed by atoms with Crippen LogP contribution >= 0.6 is 0 Å². The lowest BCUT2D eigenvalue weighted by Crippen LogP contribution is -2.24. The van der Waals surface area contributed by atoms with Crippen molar-refractivity contribution >= 4 is 11.9 Å². The first-order chi connectivity index (χ1) is 18.1. The van der Waals surface area contributed by atoms with E-state index in [1.807, 2.05) is 36.4 Å². The van der Waals surface area contributed by atoms with Crippen LogP contribution in [0.5, 0.6) is 0 Å². The van der Waals surface area contributed by atoms with E-state index in [0.29, 0.717) is 37.4 Å². The highest BCUT2D eigenvalue weighted by Crippen LogP contribution is 2.28. The summed E-state index contributed by atoms with van der Waals surface area (Å²) in [4.78, 5) is 28.1. The molecule has 4 rings (SSSR count). The maximum absolute atomic E-state index is 12.6. The number of rotatable bonds is 13. The van der Waals surface area contributed by atoms with Crippen molar-refractivity contribution in [2.75, 3.05) is 6.54 Å². The fraction of sp³-hybridized carbons (Fsp3) is 0.452. The van der Waals surface area contributed by atoms with E-state index in [9.17, 15) is 9.59 Å². The Kier molecular flexibility index (Phi) is 9.92. The summed E-state index contributed by atoms with van der Waals surface area (Å²) in [5, 5.41) is 12.0. The molecule has 0 aliphatic heterocycles. The quantitative estimate of drug-likeness (QED) is 0.250. The summed E-state index contributed by atoms with van der Waals surface area (Å²) in [6.07, 6.45) is 13.9. The molecule has 6 nitrogen and oxygen atoms in total. The number of unbranched alkanes of at least 4 members (excludes halogenated alkanes) is 1. The molecule has 196 valence electrons. The first-order valence-corrected chi connectivity index (χ1v) is 13.7. The Hall–Kier alpha value is -3.41. The van der Waals surface area contributed by atoms with Crippen LogP contribution in [-0.4, -0.2) is 28.5 Å². The molecule has 2 aromatic carbocycles. The Morgan fingerprint density at radius 2 is 1.65 bits per heavy atom. The summed E-state index contributed by atoms with van der Waals surface area (Å²) in [6.45, 7) is 0.656. The molecule has 0 atom stereocenters. The number of carboxylic acid groups (broad SMARTS) is 1. The number of carbonyl (C=O) groups excluding carboxylic acids is 1. The van der Waals surface area contributed by atoms with Gasteiger partial charge in [0, 0.05) is 18.5 Å². The van der Waals surface area contributed by atoms with E-state index in [1.165, 1.54) is 44.8 Å². The van der Waals surface area contributed by atoms with E-state index >= 15 is 0 Å². The second-order valence-electron chi connectivity index (χ2n) is 10.1. The fourth-order valence-corrected chi connectivity index (χ4v) is 5.32. The molecule has 0 saturated heterocycles. The van der Waals surface area contributed by atoms with Gasteiger partial charge in [-0.25, -0.2) is 4.98 Å². The standard InChI is InChI=1S/C31H38N2O4/c34-29(35)19-10-17-24-14-4-5-15-25(24)21-26-16-6-7-18-27(26)31-33-28(22-37-31)30(36)32-20-9-8-13-23-11-2-1-3-12-23/h4-7,14-16,18,22-23H,1-3,8-13,17,19-21H2,(H,32,36)(H,34,35). The van der Waals surface area contributed by atoms with Crippen LogP contribution in [0.4, 0.5) is 0 Å². The number of carbonyl (C=O) groups is 2. The highest BCUT2D eigenvalue weighted by Gasteiger charge is 2.17. The number of amides is 1. The zero-order chi connectivity index (χ0) is 25.9. The largest absolute Gasteiger partial charge is 0.481 e. The Balaban J connectivity index is 1.34. The van der Waals surface area contributed by atoms with Crippen LogP contribution in [0.15, 0.2) is 59.2 Å². The van der Waals surface area contributed by atoms with Crippen molar-refractivity contribution in [3.8, 4) is 11.5 Å². The maximum Gasteiger partial charge on any atom is 0.303 e. The zero-order valence-corrected chi connectivity index (χ0v) is 21.6. The predicted molar refractivity (Wildman–Crippen MR) is 145 cm³/mol. The number of hydrogen-bond acceptors (Lipinski definition) is 4. The summed E-state index contributed by atoms with van der Waals surface area (Å²) < 4.78 is 5.74. The number of aromatic nitrogens is 1. The molecule has 37 heavy (non-hydrogen) atoms. The van der Waals surface area contributed by atoms with Crippen molar-refractivity contribution in [3.63, 3.8) is 0 Å². The van der Waals surface area contributed by atoms with Gasteiger partial charge >= 0.3 is 5.97 Å². The summed E-state index contributed by atoms with van der Waals surface area (Å²) >= 11 is 0. The van der Waals surface area contributed by atoms with Gasteiger partial charge in [0.25, 0.3) is 5.91 Å². The third-order valence-corrected chi connectivity index (χ3v) is 7.37. The van der Waals surface area contributed by atoms with E-state index in [-0.39, 0.29) is 12.3 Å². The molecule has 1 amide bonds. The molecule has 1 aliphatic rings. The van der Waals surface area contributed by atoms with E-state index in [0.717, 1.165) is 41.0 Å². The van der Waals surface area contributed by atoms with Gasteiger partial charge in [-0.1, -0.05) is 87.4 Å². The van der Waals surface area contributed by atoms with E-state index in [1.54, 1.807) is 0 Å². The summed E-state index contributed by atoms with van der Waals surface area (Å²) in [5.74, 6) is 0.334. The van der Waals surface area contributed by atoms with Gasteiger partial charge in [-0.3, -0.25) is 9.59 Å². The highest BCUT2D eigenvalue weighted by molar-refractivity contribution is 5.92. The molecule has 0 spiro atoms.